The first-order chi connectivity index (χ1) is 16.2. The molecule has 1 amide bonds. The van der Waals surface area contributed by atoms with E-state index in [1.165, 1.54) is 7.11 Å². The molecule has 1 saturated heterocycles. The van der Waals surface area contributed by atoms with E-state index >= 15 is 0 Å². The number of nitrogens with one attached hydrogen (secondary N) is 2. The number of hydrazone groups is 1. The van der Waals surface area contributed by atoms with Crippen LogP contribution in [0.15, 0.2) is 41.5 Å². The molecule has 11 heteroatoms. The van der Waals surface area contributed by atoms with Crippen molar-refractivity contribution in [3.8, 4) is 11.5 Å². The molecular formula is C23H26Cl2N4O4S. The van der Waals surface area contributed by atoms with Crippen LogP contribution in [-0.4, -0.2) is 61.1 Å². The molecule has 1 fully saturated rings. The summed E-state index contributed by atoms with van der Waals surface area (Å²) in [5.41, 5.74) is 4.16. The van der Waals surface area contributed by atoms with Gasteiger partial charge in [0.15, 0.2) is 23.2 Å². The third kappa shape index (κ3) is 7.46. The molecule has 1 aliphatic heterocycles. The third-order valence-electron chi connectivity index (χ3n) is 4.87. The number of carbonyl (C=O) groups excluding carboxylic acids is 1. The van der Waals surface area contributed by atoms with Crippen LogP contribution < -0.4 is 20.2 Å². The lowest BCUT2D eigenvalue weighted by molar-refractivity contribution is -0.145. The number of morpholine rings is 1. The molecule has 2 aromatic rings. The molecule has 2 atom stereocenters. The van der Waals surface area contributed by atoms with Gasteiger partial charge in [-0.1, -0.05) is 23.2 Å². The largest absolute Gasteiger partial charge is 0.493 e. The number of amides is 1. The highest BCUT2D eigenvalue weighted by molar-refractivity contribution is 7.80. The number of carbonyl (C=O) groups is 1. The number of methoxy groups -OCH3 is 1. The van der Waals surface area contributed by atoms with Gasteiger partial charge in [0.1, 0.15) is 0 Å². The van der Waals surface area contributed by atoms with Crippen molar-refractivity contribution in [3.05, 3.63) is 52.0 Å². The lowest BCUT2D eigenvalue weighted by Crippen LogP contribution is -2.49. The van der Waals surface area contributed by atoms with E-state index in [2.05, 4.69) is 15.8 Å². The molecule has 0 radical (unpaired) electrons. The second-order valence-corrected chi connectivity index (χ2v) is 8.93. The minimum absolute atomic E-state index is 0.00138. The first kappa shape index (κ1) is 26.0. The summed E-state index contributed by atoms with van der Waals surface area (Å²) < 4.78 is 16.8. The highest BCUT2D eigenvalue weighted by atomic mass is 35.5. The summed E-state index contributed by atoms with van der Waals surface area (Å²) in [7, 11) is 1.53. The van der Waals surface area contributed by atoms with E-state index in [1.54, 1.807) is 47.5 Å². The Morgan fingerprint density at radius 2 is 1.91 bits per heavy atom. The predicted octanol–water partition coefficient (Wildman–Crippen LogP) is 4.34. The van der Waals surface area contributed by atoms with Crippen molar-refractivity contribution in [1.82, 2.24) is 10.3 Å². The highest BCUT2D eigenvalue weighted by Crippen LogP contribution is 2.28. The molecule has 3 rings (SSSR count). The maximum absolute atomic E-state index is 12.5. The van der Waals surface area contributed by atoms with Gasteiger partial charge in [0.2, 0.25) is 0 Å². The summed E-state index contributed by atoms with van der Waals surface area (Å²) in [6.07, 6.45) is 1.58. The van der Waals surface area contributed by atoms with Crippen LogP contribution in [-0.2, 0) is 9.53 Å². The summed E-state index contributed by atoms with van der Waals surface area (Å²) in [6, 6.07) is 10.4. The molecular weight excluding hydrogens is 499 g/mol. The number of anilines is 1. The van der Waals surface area contributed by atoms with Crippen molar-refractivity contribution < 1.29 is 19.0 Å². The van der Waals surface area contributed by atoms with E-state index in [0.717, 1.165) is 5.56 Å². The lowest BCUT2D eigenvalue weighted by Gasteiger charge is -2.35. The van der Waals surface area contributed by atoms with Gasteiger partial charge in [0.25, 0.3) is 5.91 Å². The molecule has 8 nitrogen and oxygen atoms in total. The Morgan fingerprint density at radius 3 is 2.59 bits per heavy atom. The Bertz CT molecular complexity index is 1060. The fourth-order valence-electron chi connectivity index (χ4n) is 3.39. The number of ether oxygens (including phenoxy) is 3. The van der Waals surface area contributed by atoms with Crippen LogP contribution in [0.2, 0.25) is 10.0 Å². The molecule has 2 aromatic carbocycles. The summed E-state index contributed by atoms with van der Waals surface area (Å²) >= 11 is 17.1. The van der Waals surface area contributed by atoms with Gasteiger partial charge in [-0.15, -0.1) is 0 Å². The van der Waals surface area contributed by atoms with E-state index in [-0.39, 0.29) is 29.8 Å². The minimum atomic E-state index is -0.0955. The molecule has 1 heterocycles. The van der Waals surface area contributed by atoms with Crippen molar-refractivity contribution in [2.75, 3.05) is 32.1 Å². The zero-order valence-corrected chi connectivity index (χ0v) is 21.3. The van der Waals surface area contributed by atoms with Gasteiger partial charge in [-0.25, -0.2) is 0 Å². The Morgan fingerprint density at radius 1 is 1.18 bits per heavy atom. The van der Waals surface area contributed by atoms with Gasteiger partial charge in [0.05, 0.1) is 35.6 Å². The lowest BCUT2D eigenvalue weighted by atomic mass is 10.2. The van der Waals surface area contributed by atoms with Crippen molar-refractivity contribution in [3.63, 3.8) is 0 Å². The molecule has 0 unspecified atom stereocenters. The topological polar surface area (TPSA) is 84.4 Å². The summed E-state index contributed by atoms with van der Waals surface area (Å²) in [5.74, 6) is 0.853. The average Bonchev–Trinajstić information content (AvgIpc) is 2.79. The Balaban J connectivity index is 1.53. The van der Waals surface area contributed by atoms with Crippen LogP contribution in [0.5, 0.6) is 11.5 Å². The summed E-state index contributed by atoms with van der Waals surface area (Å²) in [4.78, 5) is 14.3. The maximum atomic E-state index is 12.5. The Kier molecular flexibility index (Phi) is 9.35. The summed E-state index contributed by atoms with van der Waals surface area (Å²) in [6.45, 7) is 4.91. The van der Waals surface area contributed by atoms with Gasteiger partial charge in [-0.05, 0) is 68.0 Å². The van der Waals surface area contributed by atoms with Crippen LogP contribution in [0.3, 0.4) is 0 Å². The molecule has 0 bridgehead atoms. The van der Waals surface area contributed by atoms with Crippen LogP contribution in [0.25, 0.3) is 0 Å². The van der Waals surface area contributed by atoms with Gasteiger partial charge in [0, 0.05) is 18.8 Å². The van der Waals surface area contributed by atoms with E-state index in [1.807, 2.05) is 13.8 Å². The smallest absolute Gasteiger partial charge is 0.260 e. The second-order valence-electron chi connectivity index (χ2n) is 7.71. The normalized spacial score (nSPS) is 18.0. The van der Waals surface area contributed by atoms with Crippen molar-refractivity contribution in [1.29, 1.82) is 0 Å². The molecule has 34 heavy (non-hydrogen) atoms. The number of nitrogens with zero attached hydrogens (tertiary/aromatic N) is 2. The van der Waals surface area contributed by atoms with Gasteiger partial charge in [-0.3, -0.25) is 10.2 Å². The Labute approximate surface area is 214 Å². The fraction of sp³-hybridized carbons (Fsp3) is 0.348. The van der Waals surface area contributed by atoms with Gasteiger partial charge < -0.3 is 24.4 Å². The van der Waals surface area contributed by atoms with E-state index in [4.69, 9.17) is 49.6 Å². The molecule has 0 aliphatic carbocycles. The molecule has 0 spiro atoms. The van der Waals surface area contributed by atoms with Crippen molar-refractivity contribution in [2.45, 2.75) is 26.1 Å². The minimum Gasteiger partial charge on any atom is -0.493 e. The average molecular weight is 525 g/mol. The predicted molar refractivity (Wildman–Crippen MR) is 138 cm³/mol. The second kappa shape index (κ2) is 12.2. The number of thiocarbonyl (C=S) groups is 1. The number of hydrogen-bond donors (Lipinski definition) is 2. The van der Waals surface area contributed by atoms with Crippen LogP contribution in [0, 0.1) is 0 Å². The monoisotopic (exact) mass is 524 g/mol. The zero-order chi connectivity index (χ0) is 24.7. The standard InChI is InChI=1S/C23H26Cl2N4O4S/c1-14-11-29(12-15(2)33-14)22(30)13-32-20-7-4-16(8-21(20)31-3)10-26-28-23(34)27-17-5-6-18(24)19(25)9-17/h4-10,14-15H,11-13H2,1-3H3,(H2,27,28,34)/b26-10-/t14-,15-/m0/s1. The molecule has 2 N–H and O–H groups in total. The first-order valence-corrected chi connectivity index (χ1v) is 11.7. The number of rotatable bonds is 7. The fourth-order valence-corrected chi connectivity index (χ4v) is 3.86. The van der Waals surface area contributed by atoms with E-state index in [0.29, 0.717) is 40.3 Å². The van der Waals surface area contributed by atoms with Crippen LogP contribution >= 0.6 is 35.4 Å². The molecule has 1 aliphatic rings. The third-order valence-corrected chi connectivity index (χ3v) is 5.80. The molecule has 0 saturated carbocycles. The van der Waals surface area contributed by atoms with Gasteiger partial charge in [-0.2, -0.15) is 5.10 Å². The number of halogens is 2. The first-order valence-electron chi connectivity index (χ1n) is 10.5. The highest BCUT2D eigenvalue weighted by Gasteiger charge is 2.26. The summed E-state index contributed by atoms with van der Waals surface area (Å²) in [5, 5.41) is 8.25. The van der Waals surface area contributed by atoms with Crippen molar-refractivity contribution >= 4 is 58.3 Å². The molecule has 182 valence electrons. The quantitative estimate of drug-likeness (QED) is 0.316. The maximum Gasteiger partial charge on any atom is 0.260 e. The van der Waals surface area contributed by atoms with Crippen LogP contribution in [0.1, 0.15) is 19.4 Å². The zero-order valence-electron chi connectivity index (χ0n) is 19.0. The van der Waals surface area contributed by atoms with Crippen LogP contribution in [0.4, 0.5) is 5.69 Å². The van der Waals surface area contributed by atoms with Gasteiger partial charge >= 0.3 is 0 Å². The number of benzene rings is 2. The Hall–Kier alpha value is -2.59. The SMILES string of the molecule is COc1cc(/C=N\NC(=S)Nc2ccc(Cl)c(Cl)c2)ccc1OCC(=O)N1C[C@H](C)O[C@@H](C)C1. The van der Waals surface area contributed by atoms with Crippen molar-refractivity contribution in [2.24, 2.45) is 5.10 Å². The van der Waals surface area contributed by atoms with E-state index < -0.39 is 0 Å². The number of hydrogen-bond acceptors (Lipinski definition) is 6. The molecule has 0 aromatic heterocycles. The van der Waals surface area contributed by atoms with E-state index in [9.17, 15) is 4.79 Å².